The Bertz CT molecular complexity index is 899. The molecule has 0 aliphatic carbocycles. The predicted octanol–water partition coefficient (Wildman–Crippen LogP) is 4.03. The second-order valence-corrected chi connectivity index (χ2v) is 5.34. The van der Waals surface area contributed by atoms with Crippen LogP contribution in [-0.4, -0.2) is 10.9 Å². The molecule has 1 heterocycles. The van der Waals surface area contributed by atoms with Crippen LogP contribution in [0.25, 0.3) is 0 Å². The molecular formula is C19H15F2N3O. The fraction of sp³-hybridized carbons (Fsp3) is 0.0526. The zero-order valence-electron chi connectivity index (χ0n) is 13.2. The Balaban J connectivity index is 1.69. The lowest BCUT2D eigenvalue weighted by atomic mass is 10.2. The van der Waals surface area contributed by atoms with Crippen molar-refractivity contribution in [2.24, 2.45) is 0 Å². The van der Waals surface area contributed by atoms with Gasteiger partial charge in [0.15, 0.2) is 0 Å². The first-order valence-electron chi connectivity index (χ1n) is 7.61. The van der Waals surface area contributed by atoms with E-state index in [1.54, 1.807) is 42.5 Å². The Morgan fingerprint density at radius 1 is 0.960 bits per heavy atom. The van der Waals surface area contributed by atoms with Gasteiger partial charge in [-0.3, -0.25) is 9.78 Å². The van der Waals surface area contributed by atoms with Crippen molar-refractivity contribution in [3.05, 3.63) is 89.8 Å². The minimum Gasteiger partial charge on any atom is -0.352 e. The Kier molecular flexibility index (Phi) is 4.99. The molecule has 0 fully saturated rings. The molecule has 4 nitrogen and oxygen atoms in total. The molecule has 6 heteroatoms. The van der Waals surface area contributed by atoms with Gasteiger partial charge in [-0.05, 0) is 24.3 Å². The number of pyridine rings is 1. The minimum absolute atomic E-state index is 0.0659. The molecule has 0 aliphatic rings. The summed E-state index contributed by atoms with van der Waals surface area (Å²) >= 11 is 0. The number of nitrogens with one attached hydrogen (secondary N) is 2. The van der Waals surface area contributed by atoms with Crippen LogP contribution < -0.4 is 10.6 Å². The van der Waals surface area contributed by atoms with Crippen LogP contribution in [0.4, 0.5) is 20.2 Å². The van der Waals surface area contributed by atoms with E-state index in [0.717, 1.165) is 0 Å². The number of hydrogen-bond acceptors (Lipinski definition) is 3. The first-order chi connectivity index (χ1) is 12.1. The van der Waals surface area contributed by atoms with Gasteiger partial charge in [0.05, 0.1) is 23.1 Å². The highest BCUT2D eigenvalue weighted by Crippen LogP contribution is 2.19. The van der Waals surface area contributed by atoms with Gasteiger partial charge in [0, 0.05) is 18.3 Å². The number of halogens is 2. The van der Waals surface area contributed by atoms with Crippen molar-refractivity contribution in [3.8, 4) is 0 Å². The third-order valence-corrected chi connectivity index (χ3v) is 3.55. The Morgan fingerprint density at radius 2 is 1.68 bits per heavy atom. The summed E-state index contributed by atoms with van der Waals surface area (Å²) in [5.74, 6) is -1.18. The minimum atomic E-state index is -0.406. The lowest BCUT2D eigenvalue weighted by Crippen LogP contribution is -2.23. The average molecular weight is 339 g/mol. The van der Waals surface area contributed by atoms with Crippen LogP contribution in [0.2, 0.25) is 0 Å². The lowest BCUT2D eigenvalue weighted by Gasteiger charge is -2.09. The SMILES string of the molecule is O=C(NCc1ccccc1F)c1cncc(Nc2ccccc2F)c1. The van der Waals surface area contributed by atoms with Gasteiger partial charge in [0.25, 0.3) is 5.91 Å². The van der Waals surface area contributed by atoms with Gasteiger partial charge >= 0.3 is 0 Å². The van der Waals surface area contributed by atoms with E-state index in [-0.39, 0.29) is 23.6 Å². The average Bonchev–Trinajstić information content (AvgIpc) is 2.63. The van der Waals surface area contributed by atoms with Crippen molar-refractivity contribution in [1.82, 2.24) is 10.3 Å². The fourth-order valence-electron chi connectivity index (χ4n) is 2.27. The Labute approximate surface area is 143 Å². The van der Waals surface area contributed by atoms with Crippen LogP contribution in [0, 0.1) is 11.6 Å². The molecule has 0 saturated carbocycles. The number of hydrogen-bond donors (Lipinski definition) is 2. The summed E-state index contributed by atoms with van der Waals surface area (Å²) in [5.41, 5.74) is 1.44. The number of benzene rings is 2. The highest BCUT2D eigenvalue weighted by Gasteiger charge is 2.09. The number of nitrogens with zero attached hydrogens (tertiary/aromatic N) is 1. The van der Waals surface area contributed by atoms with Crippen LogP contribution >= 0.6 is 0 Å². The Morgan fingerprint density at radius 3 is 2.44 bits per heavy atom. The van der Waals surface area contributed by atoms with Crippen molar-refractivity contribution in [1.29, 1.82) is 0 Å². The summed E-state index contributed by atoms with van der Waals surface area (Å²) in [5, 5.41) is 5.51. The first-order valence-corrected chi connectivity index (χ1v) is 7.61. The smallest absolute Gasteiger partial charge is 0.253 e. The molecule has 0 atom stereocenters. The molecule has 0 radical (unpaired) electrons. The number of amides is 1. The van der Waals surface area contributed by atoms with Crippen molar-refractivity contribution in [2.75, 3.05) is 5.32 Å². The summed E-state index contributed by atoms with van der Waals surface area (Å²) in [4.78, 5) is 16.2. The third kappa shape index (κ3) is 4.17. The van der Waals surface area contributed by atoms with E-state index in [2.05, 4.69) is 15.6 Å². The molecular weight excluding hydrogens is 324 g/mol. The number of aromatic nitrogens is 1. The molecule has 0 unspecified atom stereocenters. The summed E-state index contributed by atoms with van der Waals surface area (Å²) in [7, 11) is 0. The standard InChI is InChI=1S/C19H15F2N3O/c20-16-6-2-1-5-13(16)11-23-19(25)14-9-15(12-22-10-14)24-18-8-4-3-7-17(18)21/h1-10,12,24H,11H2,(H,23,25). The third-order valence-electron chi connectivity index (χ3n) is 3.55. The number of anilines is 2. The van der Waals surface area contributed by atoms with Gasteiger partial charge in [-0.15, -0.1) is 0 Å². The van der Waals surface area contributed by atoms with Gasteiger partial charge in [-0.1, -0.05) is 30.3 Å². The molecule has 0 aliphatic heterocycles. The van der Waals surface area contributed by atoms with Gasteiger partial charge in [-0.2, -0.15) is 0 Å². The molecule has 0 bridgehead atoms. The number of rotatable bonds is 5. The molecule has 3 rings (SSSR count). The van der Waals surface area contributed by atoms with Crippen molar-refractivity contribution < 1.29 is 13.6 Å². The van der Waals surface area contributed by atoms with Crippen molar-refractivity contribution in [2.45, 2.75) is 6.54 Å². The van der Waals surface area contributed by atoms with Crippen molar-refractivity contribution >= 4 is 17.3 Å². The predicted molar refractivity (Wildman–Crippen MR) is 91.5 cm³/mol. The first kappa shape index (κ1) is 16.6. The molecule has 0 saturated heterocycles. The number of para-hydroxylation sites is 1. The molecule has 2 aromatic carbocycles. The summed E-state index contributed by atoms with van der Waals surface area (Å²) in [6.07, 6.45) is 2.88. The molecule has 25 heavy (non-hydrogen) atoms. The van der Waals surface area contributed by atoms with E-state index in [1.807, 2.05) is 0 Å². The zero-order valence-corrected chi connectivity index (χ0v) is 13.2. The molecule has 2 N–H and O–H groups in total. The maximum atomic E-state index is 13.7. The normalized spacial score (nSPS) is 10.3. The second-order valence-electron chi connectivity index (χ2n) is 5.34. The molecule has 1 amide bonds. The summed E-state index contributed by atoms with van der Waals surface area (Å²) < 4.78 is 27.3. The summed E-state index contributed by atoms with van der Waals surface area (Å²) in [6.45, 7) is 0.0659. The largest absolute Gasteiger partial charge is 0.352 e. The van der Waals surface area contributed by atoms with Crippen LogP contribution in [-0.2, 0) is 6.54 Å². The fourth-order valence-corrected chi connectivity index (χ4v) is 2.27. The van der Waals surface area contributed by atoms with E-state index in [0.29, 0.717) is 11.3 Å². The lowest BCUT2D eigenvalue weighted by molar-refractivity contribution is 0.0950. The van der Waals surface area contributed by atoms with Crippen LogP contribution in [0.3, 0.4) is 0 Å². The highest BCUT2D eigenvalue weighted by molar-refractivity contribution is 5.94. The highest BCUT2D eigenvalue weighted by atomic mass is 19.1. The monoisotopic (exact) mass is 339 g/mol. The number of carbonyl (C=O) groups excluding carboxylic acids is 1. The van der Waals surface area contributed by atoms with Gasteiger partial charge in [0.2, 0.25) is 0 Å². The van der Waals surface area contributed by atoms with E-state index >= 15 is 0 Å². The van der Waals surface area contributed by atoms with Gasteiger partial charge in [-0.25, -0.2) is 8.78 Å². The van der Waals surface area contributed by atoms with E-state index in [4.69, 9.17) is 0 Å². The van der Waals surface area contributed by atoms with Crippen LogP contribution in [0.15, 0.2) is 67.0 Å². The van der Waals surface area contributed by atoms with Crippen LogP contribution in [0.5, 0.6) is 0 Å². The molecule has 0 spiro atoms. The molecule has 3 aromatic rings. The van der Waals surface area contributed by atoms with E-state index < -0.39 is 11.7 Å². The maximum absolute atomic E-state index is 13.7. The molecule has 1 aromatic heterocycles. The quantitative estimate of drug-likeness (QED) is 0.738. The zero-order chi connectivity index (χ0) is 17.6. The second kappa shape index (κ2) is 7.53. The summed E-state index contributed by atoms with van der Waals surface area (Å²) in [6, 6.07) is 14.0. The maximum Gasteiger partial charge on any atom is 0.253 e. The topological polar surface area (TPSA) is 54.0 Å². The molecule has 126 valence electrons. The van der Waals surface area contributed by atoms with Gasteiger partial charge < -0.3 is 10.6 Å². The van der Waals surface area contributed by atoms with E-state index in [9.17, 15) is 13.6 Å². The van der Waals surface area contributed by atoms with Crippen LogP contribution in [0.1, 0.15) is 15.9 Å². The van der Waals surface area contributed by atoms with Crippen molar-refractivity contribution in [3.63, 3.8) is 0 Å². The van der Waals surface area contributed by atoms with Gasteiger partial charge in [0.1, 0.15) is 11.6 Å². The van der Waals surface area contributed by atoms with E-state index in [1.165, 1.54) is 24.5 Å². The number of carbonyl (C=O) groups is 1. The Hall–Kier alpha value is -3.28.